The standard InChI is InChI=1S/C25H28F3N5O/c1-15-12-16(14-17(13-15)25(26,27)28)23(34)29-18-8-10-19(11-9-18)30-24-31-21-7-5-4-6-20(21)22(32-24)33(2)3/h4-7,12-14,18-19H,8-11H2,1-3H3,(H,29,34)(H,30,31,32). The summed E-state index contributed by atoms with van der Waals surface area (Å²) in [5, 5.41) is 7.30. The van der Waals surface area contributed by atoms with E-state index < -0.39 is 17.6 Å². The minimum Gasteiger partial charge on any atom is -0.362 e. The molecule has 180 valence electrons. The van der Waals surface area contributed by atoms with E-state index in [4.69, 9.17) is 0 Å². The lowest BCUT2D eigenvalue weighted by Crippen LogP contribution is -2.40. The number of hydrogen-bond acceptors (Lipinski definition) is 5. The van der Waals surface area contributed by atoms with Crippen molar-refractivity contribution in [1.82, 2.24) is 15.3 Å². The van der Waals surface area contributed by atoms with E-state index in [1.807, 2.05) is 43.3 Å². The van der Waals surface area contributed by atoms with Gasteiger partial charge in [-0.1, -0.05) is 12.1 Å². The van der Waals surface area contributed by atoms with Crippen LogP contribution in [-0.2, 0) is 6.18 Å². The van der Waals surface area contributed by atoms with Crippen molar-refractivity contribution in [3.63, 3.8) is 0 Å². The maximum absolute atomic E-state index is 13.1. The van der Waals surface area contributed by atoms with Gasteiger partial charge in [0.1, 0.15) is 5.82 Å². The third-order valence-electron chi connectivity index (χ3n) is 6.07. The fourth-order valence-electron chi connectivity index (χ4n) is 4.38. The molecular formula is C25H28F3N5O. The van der Waals surface area contributed by atoms with Gasteiger partial charge in [0.2, 0.25) is 5.95 Å². The number of halogens is 3. The summed E-state index contributed by atoms with van der Waals surface area (Å²) >= 11 is 0. The summed E-state index contributed by atoms with van der Waals surface area (Å²) in [5.74, 6) is 0.929. The smallest absolute Gasteiger partial charge is 0.362 e. The molecule has 0 aliphatic heterocycles. The lowest BCUT2D eigenvalue weighted by Gasteiger charge is -2.30. The highest BCUT2D eigenvalue weighted by Crippen LogP contribution is 2.31. The Balaban J connectivity index is 1.38. The van der Waals surface area contributed by atoms with Crippen molar-refractivity contribution in [2.45, 2.75) is 50.9 Å². The first-order valence-electron chi connectivity index (χ1n) is 11.3. The van der Waals surface area contributed by atoms with Gasteiger partial charge in [0, 0.05) is 37.1 Å². The third kappa shape index (κ3) is 5.40. The first-order chi connectivity index (χ1) is 16.1. The van der Waals surface area contributed by atoms with Gasteiger partial charge in [0.05, 0.1) is 11.1 Å². The first kappa shape index (κ1) is 23.8. The molecule has 1 saturated carbocycles. The van der Waals surface area contributed by atoms with Crippen LogP contribution in [0.1, 0.15) is 47.2 Å². The maximum atomic E-state index is 13.1. The number of fused-ring (bicyclic) bond motifs is 1. The zero-order valence-electron chi connectivity index (χ0n) is 19.4. The molecule has 1 aromatic heterocycles. The molecule has 1 aliphatic carbocycles. The fraction of sp³-hybridized carbons (Fsp3) is 0.400. The van der Waals surface area contributed by atoms with Crippen LogP contribution in [0.2, 0.25) is 0 Å². The maximum Gasteiger partial charge on any atom is 0.416 e. The van der Waals surface area contributed by atoms with Gasteiger partial charge in [0.25, 0.3) is 5.91 Å². The number of alkyl halides is 3. The molecule has 1 aliphatic rings. The Bertz CT molecular complexity index is 1190. The highest BCUT2D eigenvalue weighted by atomic mass is 19.4. The van der Waals surface area contributed by atoms with Crippen LogP contribution < -0.4 is 15.5 Å². The fourth-order valence-corrected chi connectivity index (χ4v) is 4.38. The van der Waals surface area contributed by atoms with Crippen molar-refractivity contribution >= 4 is 28.6 Å². The van der Waals surface area contributed by atoms with Crippen LogP contribution in [0.15, 0.2) is 42.5 Å². The van der Waals surface area contributed by atoms with E-state index in [2.05, 4.69) is 20.6 Å². The van der Waals surface area contributed by atoms with Crippen molar-refractivity contribution < 1.29 is 18.0 Å². The molecule has 0 saturated heterocycles. The van der Waals surface area contributed by atoms with E-state index in [9.17, 15) is 18.0 Å². The van der Waals surface area contributed by atoms with Gasteiger partial charge in [-0.05, 0) is 68.5 Å². The number of benzene rings is 2. The van der Waals surface area contributed by atoms with Crippen molar-refractivity contribution in [3.05, 3.63) is 59.2 Å². The number of nitrogens with one attached hydrogen (secondary N) is 2. The van der Waals surface area contributed by atoms with Gasteiger partial charge >= 0.3 is 6.18 Å². The predicted octanol–water partition coefficient (Wildman–Crippen LogP) is 5.18. The van der Waals surface area contributed by atoms with Crippen LogP contribution in [0.25, 0.3) is 10.9 Å². The SMILES string of the molecule is Cc1cc(C(=O)NC2CCC(Nc3nc(N(C)C)c4ccccc4n3)CC2)cc(C(F)(F)F)c1. The number of nitrogens with zero attached hydrogens (tertiary/aromatic N) is 3. The molecule has 1 heterocycles. The second-order valence-electron chi connectivity index (χ2n) is 9.03. The summed E-state index contributed by atoms with van der Waals surface area (Å²) in [5.41, 5.74) is 0.493. The summed E-state index contributed by atoms with van der Waals surface area (Å²) in [6, 6.07) is 11.4. The van der Waals surface area contributed by atoms with Crippen LogP contribution in [0.3, 0.4) is 0 Å². The summed E-state index contributed by atoms with van der Waals surface area (Å²) < 4.78 is 39.3. The minimum atomic E-state index is -4.48. The number of aryl methyl sites for hydroxylation is 1. The quantitative estimate of drug-likeness (QED) is 0.537. The predicted molar refractivity (Wildman–Crippen MR) is 127 cm³/mol. The molecule has 0 radical (unpaired) electrons. The Morgan fingerprint density at radius 2 is 1.68 bits per heavy atom. The van der Waals surface area contributed by atoms with E-state index in [0.29, 0.717) is 11.5 Å². The highest BCUT2D eigenvalue weighted by molar-refractivity contribution is 5.95. The monoisotopic (exact) mass is 471 g/mol. The van der Waals surface area contributed by atoms with Crippen LogP contribution >= 0.6 is 0 Å². The zero-order valence-corrected chi connectivity index (χ0v) is 19.4. The second kappa shape index (κ2) is 9.48. The number of aromatic nitrogens is 2. The Kier molecular flexibility index (Phi) is 6.63. The summed E-state index contributed by atoms with van der Waals surface area (Å²) in [7, 11) is 3.89. The molecular weight excluding hydrogens is 443 g/mol. The van der Waals surface area contributed by atoms with Crippen molar-refractivity contribution in [2.24, 2.45) is 0 Å². The van der Waals surface area contributed by atoms with Gasteiger partial charge in [-0.25, -0.2) is 4.98 Å². The number of rotatable bonds is 5. The molecule has 6 nitrogen and oxygen atoms in total. The zero-order chi connectivity index (χ0) is 24.5. The Hall–Kier alpha value is -3.36. The number of carbonyl (C=O) groups is 1. The number of amides is 1. The van der Waals surface area contributed by atoms with Crippen molar-refractivity contribution in [1.29, 1.82) is 0 Å². The number of hydrogen-bond donors (Lipinski definition) is 2. The minimum absolute atomic E-state index is 0.0355. The molecule has 34 heavy (non-hydrogen) atoms. The highest BCUT2D eigenvalue weighted by Gasteiger charge is 2.32. The van der Waals surface area contributed by atoms with E-state index in [0.717, 1.165) is 54.5 Å². The molecule has 2 aromatic carbocycles. The summed E-state index contributed by atoms with van der Waals surface area (Å²) in [6.45, 7) is 1.56. The number of anilines is 2. The van der Waals surface area contributed by atoms with E-state index in [1.165, 1.54) is 6.07 Å². The molecule has 2 N–H and O–H groups in total. The van der Waals surface area contributed by atoms with Crippen LogP contribution in [0, 0.1) is 6.92 Å². The van der Waals surface area contributed by atoms with Crippen molar-refractivity contribution in [3.8, 4) is 0 Å². The lowest BCUT2D eigenvalue weighted by molar-refractivity contribution is -0.137. The summed E-state index contributed by atoms with van der Waals surface area (Å²) in [6.07, 6.45) is -1.47. The molecule has 4 rings (SSSR count). The van der Waals surface area contributed by atoms with Gasteiger partial charge in [0.15, 0.2) is 0 Å². The van der Waals surface area contributed by atoms with Crippen LogP contribution in [0.5, 0.6) is 0 Å². The third-order valence-corrected chi connectivity index (χ3v) is 6.07. The largest absolute Gasteiger partial charge is 0.416 e. The topological polar surface area (TPSA) is 70.2 Å². The Morgan fingerprint density at radius 3 is 2.35 bits per heavy atom. The van der Waals surface area contributed by atoms with Gasteiger partial charge in [-0.3, -0.25) is 4.79 Å². The summed E-state index contributed by atoms with van der Waals surface area (Å²) in [4.78, 5) is 23.9. The molecule has 3 aromatic rings. The Morgan fingerprint density at radius 1 is 1.00 bits per heavy atom. The Labute approximate surface area is 196 Å². The van der Waals surface area contributed by atoms with E-state index in [-0.39, 0.29) is 17.6 Å². The van der Waals surface area contributed by atoms with Gasteiger partial charge in [-0.2, -0.15) is 18.2 Å². The van der Waals surface area contributed by atoms with Crippen LogP contribution in [0.4, 0.5) is 24.9 Å². The molecule has 0 unspecified atom stereocenters. The van der Waals surface area contributed by atoms with Crippen LogP contribution in [-0.4, -0.2) is 42.1 Å². The average Bonchev–Trinajstić information content (AvgIpc) is 2.78. The average molecular weight is 472 g/mol. The number of para-hydroxylation sites is 1. The van der Waals surface area contributed by atoms with E-state index in [1.54, 1.807) is 6.92 Å². The normalized spacial score (nSPS) is 18.5. The second-order valence-corrected chi connectivity index (χ2v) is 9.03. The molecule has 9 heteroatoms. The molecule has 0 spiro atoms. The van der Waals surface area contributed by atoms with Gasteiger partial charge in [-0.15, -0.1) is 0 Å². The number of carbonyl (C=O) groups excluding carboxylic acids is 1. The molecule has 1 fully saturated rings. The molecule has 0 atom stereocenters. The van der Waals surface area contributed by atoms with Gasteiger partial charge < -0.3 is 15.5 Å². The lowest BCUT2D eigenvalue weighted by atomic mass is 9.91. The van der Waals surface area contributed by atoms with Crippen molar-refractivity contribution in [2.75, 3.05) is 24.3 Å². The first-order valence-corrected chi connectivity index (χ1v) is 11.3. The molecule has 1 amide bonds. The van der Waals surface area contributed by atoms with E-state index >= 15 is 0 Å². The molecule has 0 bridgehead atoms.